The van der Waals surface area contributed by atoms with Gasteiger partial charge < -0.3 is 9.64 Å². The number of carbonyl (C=O) groups excluding carboxylic acids is 2. The molecular formula is C15H21NO3. The molecule has 0 bridgehead atoms. The molecule has 4 heteroatoms. The minimum Gasteiger partial charge on any atom is -0.456 e. The first-order chi connectivity index (χ1) is 9.13. The molecule has 19 heavy (non-hydrogen) atoms. The predicted molar refractivity (Wildman–Crippen MR) is 70.3 cm³/mol. The molecule has 1 aliphatic carbocycles. The lowest BCUT2D eigenvalue weighted by atomic mass is 9.72. The summed E-state index contributed by atoms with van der Waals surface area (Å²) in [6.45, 7) is 2.43. The lowest BCUT2D eigenvalue weighted by Crippen LogP contribution is -2.59. The SMILES string of the molecule is CC(=O)N1CCCC[C@@H]1[C@]12CCC=C[C@H]1CC(=O)O2. The third kappa shape index (κ3) is 1.97. The summed E-state index contributed by atoms with van der Waals surface area (Å²) in [7, 11) is 0. The van der Waals surface area contributed by atoms with Crippen molar-refractivity contribution in [2.45, 2.75) is 57.1 Å². The fourth-order valence-electron chi connectivity index (χ4n) is 4.02. The van der Waals surface area contributed by atoms with Gasteiger partial charge in [-0.2, -0.15) is 0 Å². The Morgan fingerprint density at radius 1 is 1.47 bits per heavy atom. The van der Waals surface area contributed by atoms with E-state index < -0.39 is 5.60 Å². The van der Waals surface area contributed by atoms with Crippen LogP contribution in [-0.4, -0.2) is 35.0 Å². The zero-order valence-corrected chi connectivity index (χ0v) is 11.4. The molecule has 0 spiro atoms. The van der Waals surface area contributed by atoms with Crippen molar-refractivity contribution in [3.05, 3.63) is 12.2 Å². The van der Waals surface area contributed by atoms with Crippen LogP contribution in [0.3, 0.4) is 0 Å². The zero-order chi connectivity index (χ0) is 13.5. The number of likely N-dealkylation sites (tertiary alicyclic amines) is 1. The van der Waals surface area contributed by atoms with Crippen LogP contribution in [0.1, 0.15) is 45.4 Å². The summed E-state index contributed by atoms with van der Waals surface area (Å²) < 4.78 is 5.79. The Balaban J connectivity index is 1.95. The Hall–Kier alpha value is -1.32. The maximum atomic E-state index is 11.9. The lowest BCUT2D eigenvalue weighted by Gasteiger charge is -2.48. The van der Waals surface area contributed by atoms with Gasteiger partial charge in [-0.1, -0.05) is 12.2 Å². The molecule has 4 nitrogen and oxygen atoms in total. The van der Waals surface area contributed by atoms with Crippen LogP contribution < -0.4 is 0 Å². The van der Waals surface area contributed by atoms with E-state index in [0.29, 0.717) is 6.42 Å². The number of fused-ring (bicyclic) bond motifs is 1. The standard InChI is InChI=1S/C15H21NO3/c1-11(17)16-9-5-3-7-13(16)15-8-4-2-6-12(15)10-14(18)19-15/h2,6,12-13H,3-5,7-10H2,1H3/t12-,13+,15-/m0/s1. The van der Waals surface area contributed by atoms with Crippen molar-refractivity contribution < 1.29 is 14.3 Å². The highest BCUT2D eigenvalue weighted by atomic mass is 16.6. The third-order valence-electron chi connectivity index (χ3n) is 4.86. The molecule has 0 unspecified atom stereocenters. The van der Waals surface area contributed by atoms with Gasteiger partial charge in [0, 0.05) is 19.4 Å². The average molecular weight is 263 g/mol. The van der Waals surface area contributed by atoms with Gasteiger partial charge in [0.05, 0.1) is 12.5 Å². The number of allylic oxidation sites excluding steroid dienone is 1. The highest BCUT2D eigenvalue weighted by Gasteiger charge is 2.56. The van der Waals surface area contributed by atoms with Crippen molar-refractivity contribution in [1.29, 1.82) is 0 Å². The van der Waals surface area contributed by atoms with Gasteiger partial charge in [0.2, 0.25) is 5.91 Å². The van der Waals surface area contributed by atoms with E-state index in [-0.39, 0.29) is 23.8 Å². The highest BCUT2D eigenvalue weighted by molar-refractivity contribution is 5.76. The van der Waals surface area contributed by atoms with Crippen molar-refractivity contribution in [3.8, 4) is 0 Å². The first kappa shape index (κ1) is 12.7. The molecule has 0 aromatic carbocycles. The Labute approximate surface area is 113 Å². The number of esters is 1. The average Bonchev–Trinajstić information content (AvgIpc) is 2.75. The molecule has 2 fully saturated rings. The van der Waals surface area contributed by atoms with Gasteiger partial charge in [0.25, 0.3) is 0 Å². The molecule has 3 aliphatic rings. The lowest BCUT2D eigenvalue weighted by molar-refractivity contribution is -0.164. The summed E-state index contributed by atoms with van der Waals surface area (Å²) in [4.78, 5) is 25.6. The summed E-state index contributed by atoms with van der Waals surface area (Å²) >= 11 is 0. The van der Waals surface area contributed by atoms with Gasteiger partial charge in [-0.05, 0) is 32.1 Å². The molecular weight excluding hydrogens is 242 g/mol. The number of piperidine rings is 1. The van der Waals surface area contributed by atoms with Crippen LogP contribution >= 0.6 is 0 Å². The number of ether oxygens (including phenoxy) is 1. The van der Waals surface area contributed by atoms with Crippen LogP contribution in [0, 0.1) is 5.92 Å². The topological polar surface area (TPSA) is 46.6 Å². The molecule has 0 saturated carbocycles. The van der Waals surface area contributed by atoms with E-state index in [1.807, 2.05) is 4.90 Å². The monoisotopic (exact) mass is 263 g/mol. The Morgan fingerprint density at radius 3 is 3.11 bits per heavy atom. The summed E-state index contributed by atoms with van der Waals surface area (Å²) in [5.41, 5.74) is -0.447. The Morgan fingerprint density at radius 2 is 2.32 bits per heavy atom. The molecule has 2 saturated heterocycles. The predicted octanol–water partition coefficient (Wildman–Crippen LogP) is 2.04. The fourth-order valence-corrected chi connectivity index (χ4v) is 4.02. The molecule has 0 aromatic rings. The molecule has 3 rings (SSSR count). The van der Waals surface area contributed by atoms with Crippen LogP contribution in [0.4, 0.5) is 0 Å². The smallest absolute Gasteiger partial charge is 0.307 e. The van der Waals surface area contributed by atoms with E-state index >= 15 is 0 Å². The largest absolute Gasteiger partial charge is 0.456 e. The second kappa shape index (κ2) is 4.66. The van der Waals surface area contributed by atoms with Crippen molar-refractivity contribution in [1.82, 2.24) is 4.90 Å². The second-order valence-electron chi connectivity index (χ2n) is 5.93. The second-order valence-corrected chi connectivity index (χ2v) is 5.93. The van der Waals surface area contributed by atoms with Crippen LogP contribution in [0.15, 0.2) is 12.2 Å². The summed E-state index contributed by atoms with van der Waals surface area (Å²) in [5.74, 6) is 0.152. The molecule has 0 N–H and O–H groups in total. The molecule has 0 radical (unpaired) electrons. The van der Waals surface area contributed by atoms with Crippen LogP contribution in [-0.2, 0) is 14.3 Å². The van der Waals surface area contributed by atoms with Gasteiger partial charge >= 0.3 is 5.97 Å². The van der Waals surface area contributed by atoms with E-state index in [4.69, 9.17) is 4.74 Å². The molecule has 2 heterocycles. The quantitative estimate of drug-likeness (QED) is 0.537. The molecule has 3 atom stereocenters. The number of rotatable bonds is 1. The summed E-state index contributed by atoms with van der Waals surface area (Å²) in [6, 6.07) is 0.0696. The van der Waals surface area contributed by atoms with Crippen LogP contribution in [0.25, 0.3) is 0 Å². The highest BCUT2D eigenvalue weighted by Crippen LogP contribution is 2.47. The summed E-state index contributed by atoms with van der Waals surface area (Å²) in [5, 5.41) is 0. The number of hydrogen-bond donors (Lipinski definition) is 0. The normalized spacial score (nSPS) is 37.9. The van der Waals surface area contributed by atoms with E-state index in [2.05, 4.69) is 12.2 Å². The number of carbonyl (C=O) groups is 2. The van der Waals surface area contributed by atoms with Gasteiger partial charge in [-0.3, -0.25) is 9.59 Å². The van der Waals surface area contributed by atoms with Gasteiger partial charge in [-0.25, -0.2) is 0 Å². The minimum atomic E-state index is -0.447. The number of amides is 1. The fraction of sp³-hybridized carbons (Fsp3) is 0.733. The van der Waals surface area contributed by atoms with Gasteiger partial charge in [0.1, 0.15) is 5.60 Å². The molecule has 1 amide bonds. The first-order valence-electron chi connectivity index (χ1n) is 7.29. The van der Waals surface area contributed by atoms with E-state index in [9.17, 15) is 9.59 Å². The first-order valence-corrected chi connectivity index (χ1v) is 7.29. The Kier molecular flexibility index (Phi) is 3.11. The van der Waals surface area contributed by atoms with Crippen molar-refractivity contribution in [3.63, 3.8) is 0 Å². The molecule has 2 aliphatic heterocycles. The zero-order valence-electron chi connectivity index (χ0n) is 11.4. The Bertz CT molecular complexity index is 431. The van der Waals surface area contributed by atoms with E-state index in [1.165, 1.54) is 0 Å². The van der Waals surface area contributed by atoms with E-state index in [1.54, 1.807) is 6.92 Å². The van der Waals surface area contributed by atoms with Crippen LogP contribution in [0.2, 0.25) is 0 Å². The van der Waals surface area contributed by atoms with Crippen molar-refractivity contribution >= 4 is 11.9 Å². The van der Waals surface area contributed by atoms with Gasteiger partial charge in [0.15, 0.2) is 0 Å². The third-order valence-corrected chi connectivity index (χ3v) is 4.86. The minimum absolute atomic E-state index is 0.0696. The van der Waals surface area contributed by atoms with E-state index in [0.717, 1.165) is 38.6 Å². The maximum absolute atomic E-state index is 11.9. The molecule has 0 aromatic heterocycles. The number of hydrogen-bond acceptors (Lipinski definition) is 3. The van der Waals surface area contributed by atoms with Gasteiger partial charge in [-0.15, -0.1) is 0 Å². The van der Waals surface area contributed by atoms with Crippen molar-refractivity contribution in [2.75, 3.05) is 6.54 Å². The molecule has 104 valence electrons. The summed E-state index contributed by atoms with van der Waals surface area (Å²) in [6.07, 6.45) is 9.66. The number of nitrogens with zero attached hydrogens (tertiary/aromatic N) is 1. The maximum Gasteiger partial charge on any atom is 0.307 e. The van der Waals surface area contributed by atoms with Crippen molar-refractivity contribution in [2.24, 2.45) is 5.92 Å². The van der Waals surface area contributed by atoms with Crippen LogP contribution in [0.5, 0.6) is 0 Å².